The molecule has 2 aromatic rings. The normalized spacial score (nSPS) is 18.0. The van der Waals surface area contributed by atoms with E-state index in [0.717, 1.165) is 35.6 Å². The molecule has 1 fully saturated rings. The van der Waals surface area contributed by atoms with E-state index in [2.05, 4.69) is 22.5 Å². The number of oxazole rings is 1. The number of anilines is 1. The van der Waals surface area contributed by atoms with Crippen LogP contribution in [0.1, 0.15) is 37.4 Å². The van der Waals surface area contributed by atoms with Crippen molar-refractivity contribution in [2.75, 3.05) is 18.4 Å². The van der Waals surface area contributed by atoms with Crippen LogP contribution in [0.15, 0.2) is 28.9 Å². The number of nitrogens with one attached hydrogen (secondary N) is 2. The summed E-state index contributed by atoms with van der Waals surface area (Å²) >= 11 is 0. The second-order valence-corrected chi connectivity index (χ2v) is 7.16. The molecule has 1 aromatic carbocycles. The highest BCUT2D eigenvalue weighted by Gasteiger charge is 2.22. The Hall–Kier alpha value is -1.85. The smallest absolute Gasteiger partial charge is 0.226 e. The van der Waals surface area contributed by atoms with Crippen molar-refractivity contribution in [3.05, 3.63) is 35.7 Å². The Kier molecular flexibility index (Phi) is 7.23. The van der Waals surface area contributed by atoms with E-state index in [9.17, 15) is 4.79 Å². The average molecular weight is 378 g/mol. The standard InChI is InChI=1S/C20H27N3O2.ClH/c1-13-6-7-16(20-22-15(3)12-25-20)10-18(13)23-19(24)9-14(2)17-5-4-8-21-11-17;/h6-7,10,12,14,17,21H,4-5,8-9,11H2,1-3H3,(H,23,24);1H. The third kappa shape index (κ3) is 5.08. The molecule has 0 spiro atoms. The van der Waals surface area contributed by atoms with Crippen molar-refractivity contribution in [2.45, 2.75) is 40.0 Å². The fourth-order valence-corrected chi connectivity index (χ4v) is 3.40. The number of aryl methyl sites for hydroxylation is 2. The molecule has 0 bridgehead atoms. The second-order valence-electron chi connectivity index (χ2n) is 7.16. The van der Waals surface area contributed by atoms with Gasteiger partial charge in [-0.05, 0) is 69.3 Å². The minimum absolute atomic E-state index is 0. The predicted octanol–water partition coefficient (Wildman–Crippen LogP) is 4.34. The lowest BCUT2D eigenvalue weighted by atomic mass is 9.85. The minimum Gasteiger partial charge on any atom is -0.444 e. The number of piperidine rings is 1. The lowest BCUT2D eigenvalue weighted by Crippen LogP contribution is -2.34. The van der Waals surface area contributed by atoms with E-state index in [1.54, 1.807) is 6.26 Å². The summed E-state index contributed by atoms with van der Waals surface area (Å²) < 4.78 is 5.46. The second kappa shape index (κ2) is 9.19. The van der Waals surface area contributed by atoms with Crippen molar-refractivity contribution in [1.29, 1.82) is 0 Å². The number of aromatic nitrogens is 1. The Morgan fingerprint density at radius 2 is 2.23 bits per heavy atom. The van der Waals surface area contributed by atoms with Crippen molar-refractivity contribution in [3.8, 4) is 11.5 Å². The minimum atomic E-state index is 0. The van der Waals surface area contributed by atoms with Gasteiger partial charge in [-0.2, -0.15) is 0 Å². The van der Waals surface area contributed by atoms with E-state index in [0.29, 0.717) is 24.1 Å². The fraction of sp³-hybridized carbons (Fsp3) is 0.500. The SMILES string of the molecule is Cc1coc(-c2ccc(C)c(NC(=O)CC(C)C3CCCNC3)c2)n1.Cl. The maximum absolute atomic E-state index is 12.5. The first-order valence-corrected chi connectivity index (χ1v) is 9.06. The summed E-state index contributed by atoms with van der Waals surface area (Å²) in [7, 11) is 0. The van der Waals surface area contributed by atoms with Crippen LogP contribution in [0.25, 0.3) is 11.5 Å². The Morgan fingerprint density at radius 3 is 2.88 bits per heavy atom. The van der Waals surface area contributed by atoms with Crippen LogP contribution in [0.3, 0.4) is 0 Å². The molecule has 1 aliphatic heterocycles. The Labute approximate surface area is 161 Å². The molecule has 6 heteroatoms. The van der Waals surface area contributed by atoms with E-state index in [1.165, 1.54) is 12.8 Å². The number of carbonyl (C=O) groups is 1. The summed E-state index contributed by atoms with van der Waals surface area (Å²) in [5.74, 6) is 1.62. The van der Waals surface area contributed by atoms with Gasteiger partial charge >= 0.3 is 0 Å². The Morgan fingerprint density at radius 1 is 1.42 bits per heavy atom. The summed E-state index contributed by atoms with van der Waals surface area (Å²) in [5.41, 5.74) is 3.58. The molecule has 26 heavy (non-hydrogen) atoms. The van der Waals surface area contributed by atoms with Gasteiger partial charge in [0.05, 0.1) is 5.69 Å². The van der Waals surface area contributed by atoms with Crippen molar-refractivity contribution in [2.24, 2.45) is 11.8 Å². The predicted molar refractivity (Wildman–Crippen MR) is 107 cm³/mol. The number of hydrogen-bond donors (Lipinski definition) is 2. The topological polar surface area (TPSA) is 67.2 Å². The van der Waals surface area contributed by atoms with Gasteiger partial charge in [-0.1, -0.05) is 13.0 Å². The monoisotopic (exact) mass is 377 g/mol. The summed E-state index contributed by atoms with van der Waals surface area (Å²) in [5, 5.41) is 6.49. The largest absolute Gasteiger partial charge is 0.444 e. The first kappa shape index (κ1) is 20.5. The highest BCUT2D eigenvalue weighted by atomic mass is 35.5. The van der Waals surface area contributed by atoms with Gasteiger partial charge in [-0.15, -0.1) is 12.4 Å². The fourth-order valence-electron chi connectivity index (χ4n) is 3.40. The van der Waals surface area contributed by atoms with Crippen molar-refractivity contribution in [3.63, 3.8) is 0 Å². The molecular weight excluding hydrogens is 350 g/mol. The summed E-state index contributed by atoms with van der Waals surface area (Å²) in [6, 6.07) is 5.89. The average Bonchev–Trinajstić information content (AvgIpc) is 3.04. The van der Waals surface area contributed by atoms with Gasteiger partial charge in [0.2, 0.25) is 11.8 Å². The zero-order chi connectivity index (χ0) is 17.8. The molecule has 1 amide bonds. The van der Waals surface area contributed by atoms with Crippen LogP contribution in [0.5, 0.6) is 0 Å². The number of hydrogen-bond acceptors (Lipinski definition) is 4. The zero-order valence-electron chi connectivity index (χ0n) is 15.7. The van der Waals surface area contributed by atoms with Crippen molar-refractivity contribution >= 4 is 24.0 Å². The molecule has 1 aliphatic rings. The molecule has 2 atom stereocenters. The zero-order valence-corrected chi connectivity index (χ0v) is 16.5. The number of rotatable bonds is 5. The van der Waals surface area contributed by atoms with E-state index in [4.69, 9.17) is 4.42 Å². The van der Waals surface area contributed by atoms with Gasteiger partial charge < -0.3 is 15.1 Å². The van der Waals surface area contributed by atoms with Crippen LogP contribution in [0.4, 0.5) is 5.69 Å². The lowest BCUT2D eigenvalue weighted by Gasteiger charge is -2.28. The van der Waals surface area contributed by atoms with Gasteiger partial charge in [0.15, 0.2) is 0 Å². The first-order valence-electron chi connectivity index (χ1n) is 9.06. The highest BCUT2D eigenvalue weighted by Crippen LogP contribution is 2.27. The molecule has 3 rings (SSSR count). The van der Waals surface area contributed by atoms with Gasteiger partial charge in [-0.25, -0.2) is 4.98 Å². The molecule has 0 radical (unpaired) electrons. The lowest BCUT2D eigenvalue weighted by molar-refractivity contribution is -0.117. The van der Waals surface area contributed by atoms with Crippen LogP contribution in [0.2, 0.25) is 0 Å². The molecule has 1 aromatic heterocycles. The van der Waals surface area contributed by atoms with E-state index >= 15 is 0 Å². The summed E-state index contributed by atoms with van der Waals surface area (Å²) in [4.78, 5) is 16.9. The molecular formula is C20H28ClN3O2. The van der Waals surface area contributed by atoms with Crippen LogP contribution < -0.4 is 10.6 Å². The third-order valence-corrected chi connectivity index (χ3v) is 5.02. The van der Waals surface area contributed by atoms with Crippen LogP contribution in [-0.2, 0) is 4.79 Å². The molecule has 1 saturated heterocycles. The quantitative estimate of drug-likeness (QED) is 0.813. The summed E-state index contributed by atoms with van der Waals surface area (Å²) in [6.07, 6.45) is 4.59. The van der Waals surface area contributed by atoms with Crippen LogP contribution >= 0.6 is 12.4 Å². The maximum atomic E-state index is 12.5. The van der Waals surface area contributed by atoms with E-state index in [-0.39, 0.29) is 18.3 Å². The first-order chi connectivity index (χ1) is 12.0. The molecule has 142 valence electrons. The van der Waals surface area contributed by atoms with Crippen molar-refractivity contribution < 1.29 is 9.21 Å². The Bertz CT molecular complexity index is 738. The molecule has 2 N–H and O–H groups in total. The number of carbonyl (C=O) groups excluding carboxylic acids is 1. The van der Waals surface area contributed by atoms with Crippen LogP contribution in [-0.4, -0.2) is 24.0 Å². The maximum Gasteiger partial charge on any atom is 0.226 e. The Balaban J connectivity index is 0.00000243. The highest BCUT2D eigenvalue weighted by molar-refractivity contribution is 5.92. The molecule has 5 nitrogen and oxygen atoms in total. The molecule has 2 heterocycles. The van der Waals surface area contributed by atoms with E-state index in [1.807, 2.05) is 32.0 Å². The van der Waals surface area contributed by atoms with E-state index < -0.39 is 0 Å². The van der Waals surface area contributed by atoms with Gasteiger partial charge in [0.25, 0.3) is 0 Å². The van der Waals surface area contributed by atoms with Gasteiger partial charge in [-0.3, -0.25) is 4.79 Å². The molecule has 0 aliphatic carbocycles. The van der Waals surface area contributed by atoms with Crippen LogP contribution in [0, 0.1) is 25.7 Å². The van der Waals surface area contributed by atoms with Crippen molar-refractivity contribution in [1.82, 2.24) is 10.3 Å². The molecule has 0 saturated carbocycles. The number of benzene rings is 1. The number of amides is 1. The van der Waals surface area contributed by atoms with Gasteiger partial charge in [0.1, 0.15) is 6.26 Å². The van der Waals surface area contributed by atoms with Gasteiger partial charge in [0, 0.05) is 17.7 Å². The molecule has 2 unspecified atom stereocenters. The number of nitrogens with zero attached hydrogens (tertiary/aromatic N) is 1. The number of halogens is 1. The third-order valence-electron chi connectivity index (χ3n) is 5.02. The summed E-state index contributed by atoms with van der Waals surface area (Å²) in [6.45, 7) is 8.18.